The molecule has 0 aliphatic carbocycles. The maximum Gasteiger partial charge on any atom is 0.225 e. The molecule has 1 unspecified atom stereocenters. The molecule has 1 saturated heterocycles. The summed E-state index contributed by atoms with van der Waals surface area (Å²) >= 11 is 0. The number of hydrogen-bond donors (Lipinski definition) is 0. The number of para-hydroxylation sites is 1. The largest absolute Gasteiger partial charge is 0.486 e. The van der Waals surface area contributed by atoms with Crippen LogP contribution in [0.5, 0.6) is 5.75 Å². The highest BCUT2D eigenvalue weighted by atomic mass is 16.5. The Labute approximate surface area is 226 Å². The van der Waals surface area contributed by atoms with E-state index in [9.17, 15) is 4.79 Å². The fourth-order valence-electron chi connectivity index (χ4n) is 5.54. The molecule has 38 heavy (non-hydrogen) atoms. The Kier molecular flexibility index (Phi) is 8.11. The van der Waals surface area contributed by atoms with Gasteiger partial charge in [0, 0.05) is 25.6 Å². The van der Waals surface area contributed by atoms with Crippen LogP contribution >= 0.6 is 0 Å². The van der Waals surface area contributed by atoms with E-state index in [4.69, 9.17) is 9.72 Å². The van der Waals surface area contributed by atoms with Crippen LogP contribution in [0.4, 0.5) is 0 Å². The summed E-state index contributed by atoms with van der Waals surface area (Å²) in [4.78, 5) is 20.4. The second kappa shape index (κ2) is 11.8. The van der Waals surface area contributed by atoms with Crippen molar-refractivity contribution in [1.82, 2.24) is 14.5 Å². The highest BCUT2D eigenvalue weighted by molar-refractivity contribution is 5.80. The zero-order valence-corrected chi connectivity index (χ0v) is 22.9. The molecule has 1 aromatic heterocycles. The summed E-state index contributed by atoms with van der Waals surface area (Å²) in [7, 11) is 0. The van der Waals surface area contributed by atoms with Crippen LogP contribution in [0.15, 0.2) is 72.8 Å². The summed E-state index contributed by atoms with van der Waals surface area (Å²) in [5.41, 5.74) is 5.87. The lowest BCUT2D eigenvalue weighted by Crippen LogP contribution is -2.41. The third-order valence-electron chi connectivity index (χ3n) is 7.95. The molecule has 1 amide bonds. The van der Waals surface area contributed by atoms with Crippen molar-refractivity contribution in [3.05, 3.63) is 95.3 Å². The third kappa shape index (κ3) is 6.09. The fraction of sp³-hybridized carbons (Fsp3) is 0.394. The summed E-state index contributed by atoms with van der Waals surface area (Å²) in [5, 5.41) is 0. The molecule has 1 aliphatic rings. The fourth-order valence-corrected chi connectivity index (χ4v) is 5.54. The Morgan fingerprint density at radius 1 is 0.974 bits per heavy atom. The van der Waals surface area contributed by atoms with Crippen LogP contribution in [0.1, 0.15) is 48.7 Å². The van der Waals surface area contributed by atoms with Crippen molar-refractivity contribution < 1.29 is 9.53 Å². The number of hydrogen-bond acceptors (Lipinski definition) is 3. The Morgan fingerprint density at radius 3 is 2.45 bits per heavy atom. The van der Waals surface area contributed by atoms with Gasteiger partial charge in [0.25, 0.3) is 0 Å². The first-order valence-electron chi connectivity index (χ1n) is 13.9. The van der Waals surface area contributed by atoms with Crippen molar-refractivity contribution in [3.8, 4) is 5.75 Å². The average molecular weight is 510 g/mol. The van der Waals surface area contributed by atoms with Gasteiger partial charge in [0.2, 0.25) is 5.91 Å². The van der Waals surface area contributed by atoms with E-state index >= 15 is 0 Å². The van der Waals surface area contributed by atoms with Gasteiger partial charge in [0.1, 0.15) is 18.2 Å². The molecule has 1 fully saturated rings. The van der Waals surface area contributed by atoms with Gasteiger partial charge in [-0.2, -0.15) is 0 Å². The number of aromatic nitrogens is 2. The van der Waals surface area contributed by atoms with Crippen LogP contribution in [0.3, 0.4) is 0 Å². The van der Waals surface area contributed by atoms with E-state index < -0.39 is 0 Å². The van der Waals surface area contributed by atoms with Gasteiger partial charge in [-0.1, -0.05) is 67.1 Å². The minimum Gasteiger partial charge on any atom is -0.486 e. The predicted molar refractivity (Wildman–Crippen MR) is 153 cm³/mol. The molecule has 3 aromatic carbocycles. The second-order valence-corrected chi connectivity index (χ2v) is 10.9. The molecule has 0 saturated carbocycles. The number of nitrogens with zero attached hydrogens (tertiary/aromatic N) is 3. The summed E-state index contributed by atoms with van der Waals surface area (Å²) in [6.45, 7) is 9.11. The maximum absolute atomic E-state index is 13.3. The zero-order valence-electron chi connectivity index (χ0n) is 22.9. The van der Waals surface area contributed by atoms with Crippen molar-refractivity contribution in [2.45, 2.75) is 59.6 Å². The van der Waals surface area contributed by atoms with E-state index in [1.54, 1.807) is 0 Å². The number of imidazole rings is 1. The molecule has 5 nitrogen and oxygen atoms in total. The number of amides is 1. The molecule has 1 aliphatic heterocycles. The number of ether oxygens (including phenoxy) is 1. The second-order valence-electron chi connectivity index (χ2n) is 10.9. The lowest BCUT2D eigenvalue weighted by Gasteiger charge is -2.33. The van der Waals surface area contributed by atoms with Crippen LogP contribution in [-0.2, 0) is 24.4 Å². The molecular weight excluding hydrogens is 470 g/mol. The van der Waals surface area contributed by atoms with Gasteiger partial charge in [0.15, 0.2) is 0 Å². The molecule has 1 atom stereocenters. The van der Waals surface area contributed by atoms with Gasteiger partial charge in [0.05, 0.1) is 11.0 Å². The number of carbonyl (C=O) groups excluding carboxylic acids is 1. The molecule has 198 valence electrons. The van der Waals surface area contributed by atoms with Crippen LogP contribution in [0, 0.1) is 25.7 Å². The Bertz CT molecular complexity index is 1350. The van der Waals surface area contributed by atoms with Gasteiger partial charge < -0.3 is 14.2 Å². The number of carbonyl (C=O) groups is 1. The molecule has 4 aromatic rings. The van der Waals surface area contributed by atoms with Gasteiger partial charge >= 0.3 is 0 Å². The number of rotatable bonds is 9. The highest BCUT2D eigenvalue weighted by Crippen LogP contribution is 2.25. The van der Waals surface area contributed by atoms with Gasteiger partial charge in [-0.05, 0) is 74.8 Å². The van der Waals surface area contributed by atoms with Crippen molar-refractivity contribution in [2.75, 3.05) is 13.1 Å². The van der Waals surface area contributed by atoms with Crippen LogP contribution < -0.4 is 4.74 Å². The lowest BCUT2D eigenvalue weighted by molar-refractivity contribution is -0.136. The standard InChI is InChI=1S/C33H39N3O2/c1-24-12-14-29(15-13-24)38-23-31-34-32-25(2)8-7-11-30(32)36(31)21-16-26(3)33(37)35-19-17-28(18-20-35)22-27-9-5-4-6-10-27/h4-15,26,28H,16-23H2,1-3H3. The number of aryl methyl sites for hydroxylation is 3. The smallest absolute Gasteiger partial charge is 0.225 e. The van der Waals surface area contributed by atoms with Gasteiger partial charge in [-0.3, -0.25) is 4.79 Å². The van der Waals surface area contributed by atoms with E-state index in [0.29, 0.717) is 12.5 Å². The Morgan fingerprint density at radius 2 is 1.71 bits per heavy atom. The summed E-state index contributed by atoms with van der Waals surface area (Å²) < 4.78 is 8.34. The molecule has 0 spiro atoms. The Hall–Kier alpha value is -3.60. The summed E-state index contributed by atoms with van der Waals surface area (Å²) in [6, 6.07) is 25.1. The zero-order chi connectivity index (χ0) is 26.5. The summed E-state index contributed by atoms with van der Waals surface area (Å²) in [5.74, 6) is 2.64. The van der Waals surface area contributed by atoms with E-state index in [-0.39, 0.29) is 11.8 Å². The first-order valence-corrected chi connectivity index (χ1v) is 13.9. The number of benzene rings is 3. The number of likely N-dealkylation sites (tertiary alicyclic amines) is 1. The molecule has 0 bridgehead atoms. The van der Waals surface area contributed by atoms with Gasteiger partial charge in [-0.15, -0.1) is 0 Å². The normalized spacial score (nSPS) is 15.1. The molecular formula is C33H39N3O2. The maximum atomic E-state index is 13.3. The molecule has 5 rings (SSSR count). The van der Waals surface area contributed by atoms with E-state index in [1.165, 1.54) is 11.1 Å². The summed E-state index contributed by atoms with van der Waals surface area (Å²) in [6.07, 6.45) is 4.05. The quantitative estimate of drug-likeness (QED) is 0.251. The average Bonchev–Trinajstić information content (AvgIpc) is 3.30. The predicted octanol–water partition coefficient (Wildman–Crippen LogP) is 6.74. The first-order chi connectivity index (χ1) is 18.5. The minimum absolute atomic E-state index is 0.0335. The molecule has 5 heteroatoms. The van der Waals surface area contributed by atoms with Gasteiger partial charge in [-0.25, -0.2) is 4.98 Å². The van der Waals surface area contributed by atoms with E-state index in [2.05, 4.69) is 90.9 Å². The molecule has 0 radical (unpaired) electrons. The van der Waals surface area contributed by atoms with Crippen LogP contribution in [0.25, 0.3) is 11.0 Å². The monoisotopic (exact) mass is 509 g/mol. The molecule has 0 N–H and O–H groups in total. The molecule has 2 heterocycles. The van der Waals surface area contributed by atoms with Crippen LogP contribution in [0.2, 0.25) is 0 Å². The third-order valence-corrected chi connectivity index (χ3v) is 7.95. The Balaban J connectivity index is 1.21. The van der Waals surface area contributed by atoms with Crippen molar-refractivity contribution in [3.63, 3.8) is 0 Å². The van der Waals surface area contributed by atoms with E-state index in [0.717, 1.165) is 73.5 Å². The SMILES string of the molecule is Cc1ccc(OCc2nc3c(C)cccc3n2CCC(C)C(=O)N2CCC(Cc3ccccc3)CC2)cc1. The minimum atomic E-state index is -0.0335. The number of piperidine rings is 1. The first kappa shape index (κ1) is 26.0. The van der Waals surface area contributed by atoms with E-state index in [1.807, 2.05) is 12.1 Å². The van der Waals surface area contributed by atoms with Crippen molar-refractivity contribution in [2.24, 2.45) is 11.8 Å². The topological polar surface area (TPSA) is 47.4 Å². The highest BCUT2D eigenvalue weighted by Gasteiger charge is 2.26. The number of fused-ring (bicyclic) bond motifs is 1. The lowest BCUT2D eigenvalue weighted by atomic mass is 9.89. The van der Waals surface area contributed by atoms with Crippen LogP contribution in [-0.4, -0.2) is 33.4 Å². The van der Waals surface area contributed by atoms with Crippen molar-refractivity contribution in [1.29, 1.82) is 0 Å². The van der Waals surface area contributed by atoms with Crippen molar-refractivity contribution >= 4 is 16.9 Å².